The number of fused-ring (bicyclic) bond motifs is 1. The normalized spacial score (nSPS) is 17.3. The van der Waals surface area contributed by atoms with Crippen molar-refractivity contribution in [3.63, 3.8) is 0 Å². The summed E-state index contributed by atoms with van der Waals surface area (Å²) in [6, 6.07) is 8.53. The van der Waals surface area contributed by atoms with Gasteiger partial charge in [0.25, 0.3) is 5.89 Å². The van der Waals surface area contributed by atoms with E-state index in [1.165, 1.54) is 49.0 Å². The number of likely N-dealkylation sites (tertiary alicyclic amines) is 1. The van der Waals surface area contributed by atoms with Crippen LogP contribution in [0.4, 0.5) is 0 Å². The van der Waals surface area contributed by atoms with Crippen molar-refractivity contribution in [2.45, 2.75) is 45.7 Å². The first kappa shape index (κ1) is 18.5. The van der Waals surface area contributed by atoms with Crippen LogP contribution in [0, 0.1) is 6.92 Å². The molecule has 0 amide bonds. The van der Waals surface area contributed by atoms with E-state index in [-0.39, 0.29) is 0 Å². The topological polar surface area (TPSA) is 67.1 Å². The fraction of sp³-hybridized carbons (Fsp3) is 0.435. The van der Waals surface area contributed by atoms with Crippen LogP contribution < -0.4 is 5.32 Å². The van der Waals surface area contributed by atoms with Gasteiger partial charge in [0.05, 0.1) is 0 Å². The second-order valence-electron chi connectivity index (χ2n) is 8.11. The van der Waals surface area contributed by atoms with Crippen molar-refractivity contribution < 1.29 is 4.52 Å². The zero-order chi connectivity index (χ0) is 19.6. The van der Waals surface area contributed by atoms with Crippen LogP contribution in [0.15, 0.2) is 35.0 Å². The molecule has 1 aromatic carbocycles. The average molecular weight is 390 g/mol. The van der Waals surface area contributed by atoms with Crippen molar-refractivity contribution in [1.82, 2.24) is 25.3 Å². The molecule has 6 nitrogen and oxygen atoms in total. The second-order valence-corrected chi connectivity index (χ2v) is 8.11. The summed E-state index contributed by atoms with van der Waals surface area (Å²) in [4.78, 5) is 11.8. The van der Waals surface area contributed by atoms with Crippen LogP contribution in [-0.4, -0.2) is 39.7 Å². The average Bonchev–Trinajstić information content (AvgIpc) is 3.24. The maximum atomic E-state index is 5.63. The molecule has 0 saturated carbocycles. The standard InChI is InChI=1S/C23H27N5O/c1-16-21(20-9-10-24-13-19(20)14-25-16)22-26-23(29-27-22)18-7-5-17(6-8-18)15-28-11-3-2-4-12-28/h5-8,14,24H,2-4,9-13,15H2,1H3. The Morgan fingerprint density at radius 2 is 1.93 bits per heavy atom. The lowest BCUT2D eigenvalue weighted by atomic mass is 9.95. The molecule has 0 radical (unpaired) electrons. The molecule has 150 valence electrons. The Morgan fingerprint density at radius 1 is 1.10 bits per heavy atom. The van der Waals surface area contributed by atoms with E-state index in [2.05, 4.69) is 44.6 Å². The molecule has 1 fully saturated rings. The van der Waals surface area contributed by atoms with Gasteiger partial charge in [0, 0.05) is 36.1 Å². The van der Waals surface area contributed by atoms with Gasteiger partial charge in [-0.25, -0.2) is 0 Å². The van der Waals surface area contributed by atoms with E-state index in [1.54, 1.807) is 0 Å². The number of piperidine rings is 1. The first-order valence-electron chi connectivity index (χ1n) is 10.6. The first-order valence-corrected chi connectivity index (χ1v) is 10.6. The molecule has 5 rings (SSSR count). The zero-order valence-corrected chi connectivity index (χ0v) is 16.9. The van der Waals surface area contributed by atoms with Gasteiger partial charge in [-0.3, -0.25) is 9.88 Å². The summed E-state index contributed by atoms with van der Waals surface area (Å²) in [5.74, 6) is 1.21. The summed E-state index contributed by atoms with van der Waals surface area (Å²) in [6.45, 7) is 7.26. The number of nitrogens with one attached hydrogen (secondary N) is 1. The number of aromatic nitrogens is 3. The van der Waals surface area contributed by atoms with Crippen molar-refractivity contribution in [3.8, 4) is 22.8 Å². The lowest BCUT2D eigenvalue weighted by molar-refractivity contribution is 0.221. The second kappa shape index (κ2) is 8.05. The minimum atomic E-state index is 0.565. The third kappa shape index (κ3) is 3.82. The maximum absolute atomic E-state index is 5.63. The fourth-order valence-electron chi connectivity index (χ4n) is 4.44. The number of nitrogens with zero attached hydrogens (tertiary/aromatic N) is 4. The van der Waals surface area contributed by atoms with Crippen molar-refractivity contribution in [1.29, 1.82) is 0 Å². The molecule has 2 aliphatic heterocycles. The molecule has 0 aliphatic carbocycles. The van der Waals surface area contributed by atoms with Crippen LogP contribution in [-0.2, 0) is 19.5 Å². The summed E-state index contributed by atoms with van der Waals surface area (Å²) >= 11 is 0. The quantitative estimate of drug-likeness (QED) is 0.733. The molecular formula is C23H27N5O. The van der Waals surface area contributed by atoms with Crippen molar-refractivity contribution in [3.05, 3.63) is 52.8 Å². The van der Waals surface area contributed by atoms with Gasteiger partial charge in [0.2, 0.25) is 5.82 Å². The van der Waals surface area contributed by atoms with E-state index in [0.717, 1.165) is 42.9 Å². The number of pyridine rings is 1. The molecule has 3 aromatic rings. The molecule has 0 bridgehead atoms. The largest absolute Gasteiger partial charge is 0.334 e. The molecule has 1 saturated heterocycles. The molecular weight excluding hydrogens is 362 g/mol. The first-order chi connectivity index (χ1) is 14.3. The third-order valence-electron chi connectivity index (χ3n) is 6.04. The van der Waals surface area contributed by atoms with Crippen molar-refractivity contribution in [2.75, 3.05) is 19.6 Å². The van der Waals surface area contributed by atoms with Crippen LogP contribution in [0.2, 0.25) is 0 Å². The van der Waals surface area contributed by atoms with E-state index in [0.29, 0.717) is 11.7 Å². The molecule has 6 heteroatoms. The van der Waals surface area contributed by atoms with Gasteiger partial charge >= 0.3 is 0 Å². The zero-order valence-electron chi connectivity index (χ0n) is 16.9. The molecule has 0 unspecified atom stereocenters. The third-order valence-corrected chi connectivity index (χ3v) is 6.04. The molecule has 29 heavy (non-hydrogen) atoms. The minimum absolute atomic E-state index is 0.565. The Bertz CT molecular complexity index is 989. The smallest absolute Gasteiger partial charge is 0.258 e. The highest BCUT2D eigenvalue weighted by atomic mass is 16.5. The van der Waals surface area contributed by atoms with Crippen LogP contribution >= 0.6 is 0 Å². The van der Waals surface area contributed by atoms with Crippen LogP contribution in [0.3, 0.4) is 0 Å². The summed E-state index contributed by atoms with van der Waals surface area (Å²) < 4.78 is 5.63. The Hall–Kier alpha value is -2.57. The highest BCUT2D eigenvalue weighted by Gasteiger charge is 2.21. The highest BCUT2D eigenvalue weighted by molar-refractivity contribution is 5.67. The SMILES string of the molecule is Cc1ncc2c(c1-c1noc(-c3ccc(CN4CCCCC4)cc3)n1)CCNC2. The molecule has 0 spiro atoms. The summed E-state index contributed by atoms with van der Waals surface area (Å²) in [5.41, 5.74) is 6.80. The van der Waals surface area contributed by atoms with E-state index in [4.69, 9.17) is 9.51 Å². The van der Waals surface area contributed by atoms with E-state index < -0.39 is 0 Å². The van der Waals surface area contributed by atoms with E-state index >= 15 is 0 Å². The van der Waals surface area contributed by atoms with E-state index in [1.807, 2.05) is 13.1 Å². The Morgan fingerprint density at radius 3 is 2.76 bits per heavy atom. The molecule has 2 aromatic heterocycles. The summed E-state index contributed by atoms with van der Waals surface area (Å²) in [6.07, 6.45) is 6.92. The molecule has 1 N–H and O–H groups in total. The van der Waals surface area contributed by atoms with Gasteiger partial charge in [-0.05, 0) is 74.6 Å². The Labute approximate surface area is 171 Å². The number of aryl methyl sites for hydroxylation is 1. The van der Waals surface area contributed by atoms with Gasteiger partial charge in [-0.1, -0.05) is 23.7 Å². The van der Waals surface area contributed by atoms with Crippen LogP contribution in [0.1, 0.15) is 41.6 Å². The fourth-order valence-corrected chi connectivity index (χ4v) is 4.44. The number of rotatable bonds is 4. The van der Waals surface area contributed by atoms with Gasteiger partial charge in [0.1, 0.15) is 0 Å². The predicted molar refractivity (Wildman–Crippen MR) is 112 cm³/mol. The Kier molecular flexibility index (Phi) is 5.12. The maximum Gasteiger partial charge on any atom is 0.258 e. The summed E-state index contributed by atoms with van der Waals surface area (Å²) in [5, 5.41) is 7.69. The molecule has 4 heterocycles. The van der Waals surface area contributed by atoms with Gasteiger partial charge in [-0.15, -0.1) is 0 Å². The number of benzene rings is 1. The number of hydrogen-bond acceptors (Lipinski definition) is 6. The molecule has 2 aliphatic rings. The van der Waals surface area contributed by atoms with Gasteiger partial charge in [-0.2, -0.15) is 4.98 Å². The number of hydrogen-bond donors (Lipinski definition) is 1. The predicted octanol–water partition coefficient (Wildman–Crippen LogP) is 3.74. The van der Waals surface area contributed by atoms with Gasteiger partial charge < -0.3 is 9.84 Å². The highest BCUT2D eigenvalue weighted by Crippen LogP contribution is 2.30. The van der Waals surface area contributed by atoms with Crippen molar-refractivity contribution >= 4 is 0 Å². The monoisotopic (exact) mass is 389 g/mol. The summed E-state index contributed by atoms with van der Waals surface area (Å²) in [7, 11) is 0. The van der Waals surface area contributed by atoms with Crippen molar-refractivity contribution in [2.24, 2.45) is 0 Å². The lowest BCUT2D eigenvalue weighted by Crippen LogP contribution is -2.28. The Balaban J connectivity index is 1.38. The lowest BCUT2D eigenvalue weighted by Gasteiger charge is -2.26. The van der Waals surface area contributed by atoms with E-state index in [9.17, 15) is 0 Å². The van der Waals surface area contributed by atoms with Crippen LogP contribution in [0.5, 0.6) is 0 Å². The molecule has 0 atom stereocenters. The van der Waals surface area contributed by atoms with Gasteiger partial charge in [0.15, 0.2) is 0 Å². The van der Waals surface area contributed by atoms with Crippen LogP contribution in [0.25, 0.3) is 22.8 Å². The minimum Gasteiger partial charge on any atom is -0.334 e.